The maximum Gasteiger partial charge on any atom is 0.303 e. The van der Waals surface area contributed by atoms with Crippen LogP contribution in [-0.4, -0.2) is 25.2 Å². The van der Waals surface area contributed by atoms with Crippen molar-refractivity contribution in [3.05, 3.63) is 29.0 Å². The molecule has 1 atom stereocenters. The van der Waals surface area contributed by atoms with Gasteiger partial charge in [0.1, 0.15) is 0 Å². The van der Waals surface area contributed by atoms with Gasteiger partial charge < -0.3 is 10.4 Å². The molecule has 2 aromatic rings. The largest absolute Gasteiger partial charge is 0.481 e. The van der Waals surface area contributed by atoms with Crippen LogP contribution in [0.15, 0.2) is 23.1 Å². The number of aliphatic carboxylic acids is 1. The Morgan fingerprint density at radius 1 is 1.46 bits per heavy atom. The second kappa shape index (κ2) is 7.72. The minimum absolute atomic E-state index is 0.0450. The van der Waals surface area contributed by atoms with E-state index in [2.05, 4.69) is 35.4 Å². The number of hydrogen-bond donors (Lipinski definition) is 2. The minimum Gasteiger partial charge on any atom is -0.481 e. The number of hydrogen-bond acceptors (Lipinski definition) is 6. The Morgan fingerprint density at radius 2 is 2.17 bits per heavy atom. The molecule has 0 saturated heterocycles. The molecule has 1 unspecified atom stereocenters. The lowest BCUT2D eigenvalue weighted by atomic mass is 9.97. The van der Waals surface area contributed by atoms with Crippen LogP contribution in [0.2, 0.25) is 5.28 Å². The molecule has 0 saturated carbocycles. The molecular weight excluding hydrogens is 366 g/mol. The fourth-order valence-corrected chi connectivity index (χ4v) is 3.86. The number of carbonyl (C=O) groups is 1. The first-order valence-corrected chi connectivity index (χ1v) is 9.42. The molecule has 0 radical (unpaired) electrons. The summed E-state index contributed by atoms with van der Waals surface area (Å²) in [5, 5.41) is 13.1. The van der Waals surface area contributed by atoms with Gasteiger partial charge in [0.15, 0.2) is 0 Å². The van der Waals surface area contributed by atoms with Crippen molar-refractivity contribution in [2.75, 3.05) is 5.32 Å². The number of rotatable bonds is 6. The monoisotopic (exact) mass is 385 g/mol. The van der Waals surface area contributed by atoms with Crippen LogP contribution in [0.4, 0.5) is 10.8 Å². The standard InChI is InChI=1S/C16H20ClN3O2S2/c1-9(7-13(21)22)10-5-6-12(23-16(2,3)4)11(8-10)18-15-19-14(17)20-24-15/h5-6,8-9H,7H2,1-4H3,(H,21,22)(H,18,19,20). The van der Waals surface area contributed by atoms with Gasteiger partial charge in [-0.3, -0.25) is 4.79 Å². The van der Waals surface area contributed by atoms with E-state index < -0.39 is 5.97 Å². The van der Waals surface area contributed by atoms with Gasteiger partial charge in [0.25, 0.3) is 0 Å². The van der Waals surface area contributed by atoms with Crippen LogP contribution in [0.5, 0.6) is 0 Å². The van der Waals surface area contributed by atoms with Crippen molar-refractivity contribution in [3.63, 3.8) is 0 Å². The molecule has 2 N–H and O–H groups in total. The smallest absolute Gasteiger partial charge is 0.303 e. The summed E-state index contributed by atoms with van der Waals surface area (Å²) in [6.07, 6.45) is 0.0931. The van der Waals surface area contributed by atoms with Gasteiger partial charge in [0.2, 0.25) is 10.4 Å². The van der Waals surface area contributed by atoms with Crippen molar-refractivity contribution in [1.29, 1.82) is 0 Å². The molecule has 0 aliphatic carbocycles. The zero-order chi connectivity index (χ0) is 17.9. The summed E-state index contributed by atoms with van der Waals surface area (Å²) in [6, 6.07) is 5.99. The van der Waals surface area contributed by atoms with E-state index in [1.54, 1.807) is 11.8 Å². The van der Waals surface area contributed by atoms with E-state index in [9.17, 15) is 4.79 Å². The third-order valence-electron chi connectivity index (χ3n) is 3.11. The van der Waals surface area contributed by atoms with Gasteiger partial charge in [-0.05, 0) is 35.2 Å². The average molecular weight is 386 g/mol. The zero-order valence-corrected chi connectivity index (χ0v) is 16.3. The first-order valence-electron chi connectivity index (χ1n) is 7.45. The number of halogens is 1. The molecular formula is C16H20ClN3O2S2. The van der Waals surface area contributed by atoms with Crippen molar-refractivity contribution >= 4 is 51.7 Å². The van der Waals surface area contributed by atoms with E-state index in [1.807, 2.05) is 25.1 Å². The SMILES string of the molecule is CC(CC(=O)O)c1ccc(SC(C)(C)C)c(Nc2nc(Cl)ns2)c1. The van der Waals surface area contributed by atoms with Crippen LogP contribution in [0.3, 0.4) is 0 Å². The second-order valence-electron chi connectivity index (χ2n) is 6.46. The topological polar surface area (TPSA) is 75.1 Å². The Morgan fingerprint density at radius 3 is 2.71 bits per heavy atom. The average Bonchev–Trinajstić information content (AvgIpc) is 2.83. The summed E-state index contributed by atoms with van der Waals surface area (Å²) in [5.74, 6) is -0.879. The van der Waals surface area contributed by atoms with Crippen LogP contribution in [0.1, 0.15) is 45.6 Å². The number of carboxylic acid groups (broad SMARTS) is 1. The van der Waals surface area contributed by atoms with Gasteiger partial charge in [0.05, 0.1) is 12.1 Å². The minimum atomic E-state index is -0.805. The third kappa shape index (κ3) is 5.65. The van der Waals surface area contributed by atoms with Crippen molar-refractivity contribution in [2.24, 2.45) is 0 Å². The van der Waals surface area contributed by atoms with E-state index in [4.69, 9.17) is 16.7 Å². The third-order valence-corrected chi connectivity index (χ3v) is 5.20. The highest BCUT2D eigenvalue weighted by Crippen LogP contribution is 2.39. The quantitative estimate of drug-likeness (QED) is 0.648. The maximum atomic E-state index is 11.0. The molecule has 130 valence electrons. The molecule has 0 bridgehead atoms. The molecule has 5 nitrogen and oxygen atoms in total. The van der Waals surface area contributed by atoms with Gasteiger partial charge in [0, 0.05) is 21.2 Å². The number of carboxylic acids is 1. The fraction of sp³-hybridized carbons (Fsp3) is 0.438. The Bertz CT molecular complexity index is 728. The first kappa shape index (κ1) is 19.0. The van der Waals surface area contributed by atoms with E-state index in [0.29, 0.717) is 5.13 Å². The molecule has 0 aliphatic rings. The molecule has 24 heavy (non-hydrogen) atoms. The lowest BCUT2D eigenvalue weighted by molar-refractivity contribution is -0.137. The van der Waals surface area contributed by atoms with Crippen LogP contribution >= 0.6 is 34.9 Å². The Hall–Kier alpha value is -1.31. The van der Waals surface area contributed by atoms with Crippen LogP contribution in [0.25, 0.3) is 0 Å². The molecule has 0 aliphatic heterocycles. The lowest BCUT2D eigenvalue weighted by Gasteiger charge is -2.21. The van der Waals surface area contributed by atoms with Crippen LogP contribution in [0, 0.1) is 0 Å². The zero-order valence-electron chi connectivity index (χ0n) is 14.0. The van der Waals surface area contributed by atoms with E-state index in [1.165, 1.54) is 11.5 Å². The molecule has 0 fully saturated rings. The number of aromatic nitrogens is 2. The summed E-state index contributed by atoms with van der Waals surface area (Å²) in [7, 11) is 0. The molecule has 0 amide bonds. The molecule has 0 spiro atoms. The highest BCUT2D eigenvalue weighted by atomic mass is 35.5. The normalized spacial score (nSPS) is 12.9. The number of nitrogens with zero attached hydrogens (tertiary/aromatic N) is 2. The second-order valence-corrected chi connectivity index (χ2v) is 9.42. The summed E-state index contributed by atoms with van der Waals surface area (Å²) in [4.78, 5) is 16.2. The van der Waals surface area contributed by atoms with Gasteiger partial charge in [-0.25, -0.2) is 0 Å². The predicted molar refractivity (Wildman–Crippen MR) is 101 cm³/mol. The summed E-state index contributed by atoms with van der Waals surface area (Å²) >= 11 is 8.71. The van der Waals surface area contributed by atoms with Gasteiger partial charge in [-0.15, -0.1) is 11.8 Å². The highest BCUT2D eigenvalue weighted by molar-refractivity contribution is 8.00. The molecule has 1 aromatic carbocycles. The number of benzene rings is 1. The molecule has 2 rings (SSSR count). The Kier molecular flexibility index (Phi) is 6.11. The number of nitrogens with one attached hydrogen (secondary N) is 1. The summed E-state index contributed by atoms with van der Waals surface area (Å²) in [6.45, 7) is 8.34. The number of thioether (sulfide) groups is 1. The van der Waals surface area contributed by atoms with Gasteiger partial charge >= 0.3 is 5.97 Å². The first-order chi connectivity index (χ1) is 11.1. The molecule has 1 aromatic heterocycles. The Labute approximate surface area is 155 Å². The van der Waals surface area contributed by atoms with Gasteiger partial charge in [-0.2, -0.15) is 9.36 Å². The highest BCUT2D eigenvalue weighted by Gasteiger charge is 2.18. The van der Waals surface area contributed by atoms with Crippen molar-refractivity contribution < 1.29 is 9.90 Å². The van der Waals surface area contributed by atoms with Crippen LogP contribution < -0.4 is 5.32 Å². The molecule has 1 heterocycles. The lowest BCUT2D eigenvalue weighted by Crippen LogP contribution is -2.08. The molecule has 8 heteroatoms. The van der Waals surface area contributed by atoms with Gasteiger partial charge in [-0.1, -0.05) is 33.8 Å². The predicted octanol–water partition coefficient (Wildman–Crippen LogP) is 5.40. The fourth-order valence-electron chi connectivity index (χ4n) is 2.12. The van der Waals surface area contributed by atoms with Crippen LogP contribution in [-0.2, 0) is 4.79 Å². The van der Waals surface area contributed by atoms with E-state index in [0.717, 1.165) is 16.1 Å². The van der Waals surface area contributed by atoms with E-state index >= 15 is 0 Å². The van der Waals surface area contributed by atoms with Crippen molar-refractivity contribution in [2.45, 2.75) is 49.7 Å². The summed E-state index contributed by atoms with van der Waals surface area (Å²) < 4.78 is 4.01. The number of anilines is 2. The summed E-state index contributed by atoms with van der Waals surface area (Å²) in [5.41, 5.74) is 1.85. The van der Waals surface area contributed by atoms with Crippen molar-refractivity contribution in [1.82, 2.24) is 9.36 Å². The maximum absolute atomic E-state index is 11.0. The van der Waals surface area contributed by atoms with Crippen molar-refractivity contribution in [3.8, 4) is 0 Å². The Balaban J connectivity index is 2.34. The van der Waals surface area contributed by atoms with E-state index in [-0.39, 0.29) is 22.4 Å².